The summed E-state index contributed by atoms with van der Waals surface area (Å²) in [7, 11) is 2.10. The molecule has 0 atom stereocenters. The van der Waals surface area contributed by atoms with Crippen molar-refractivity contribution in [3.63, 3.8) is 0 Å². The Morgan fingerprint density at radius 3 is 3.12 bits per heavy atom. The van der Waals surface area contributed by atoms with Crippen LogP contribution < -0.4 is 0 Å². The Kier molecular flexibility index (Phi) is 2.37. The van der Waals surface area contributed by atoms with Gasteiger partial charge in [0.05, 0.1) is 6.61 Å². The predicted molar refractivity (Wildman–Crippen MR) is 33.5 cm³/mol. The third-order valence-electron chi connectivity index (χ3n) is 1.15. The van der Waals surface area contributed by atoms with E-state index < -0.39 is 0 Å². The average Bonchev–Trinajstić information content (AvgIpc) is 2.19. The molecule has 0 aromatic rings. The van der Waals surface area contributed by atoms with Crippen LogP contribution >= 0.6 is 0 Å². The fraction of sp³-hybridized carbons (Fsp3) is 1.00. The van der Waals surface area contributed by atoms with E-state index >= 15 is 0 Å². The monoisotopic (exact) mass is 112 g/mol. The molecular weight excluding hydrogens is 101 g/mol. The first-order valence-electron chi connectivity index (χ1n) is 3.16. The second-order valence-corrected chi connectivity index (χ2v) is 1.95. The van der Waals surface area contributed by atoms with Gasteiger partial charge in [-0.1, -0.05) is 6.92 Å². The van der Waals surface area contributed by atoms with Gasteiger partial charge in [0, 0.05) is 6.54 Å². The van der Waals surface area contributed by atoms with Crippen LogP contribution in [0.15, 0.2) is 0 Å². The summed E-state index contributed by atoms with van der Waals surface area (Å²) in [6.07, 6.45) is 2.25. The van der Waals surface area contributed by atoms with Gasteiger partial charge in [0.2, 0.25) is 7.41 Å². The molecule has 0 aromatic heterocycles. The summed E-state index contributed by atoms with van der Waals surface area (Å²) >= 11 is 0. The van der Waals surface area contributed by atoms with E-state index in [4.69, 9.17) is 4.84 Å². The lowest BCUT2D eigenvalue weighted by Crippen LogP contribution is -2.20. The van der Waals surface area contributed by atoms with E-state index in [2.05, 4.69) is 14.3 Å². The SMILES string of the molecule is CCCN1[B]CCO1. The van der Waals surface area contributed by atoms with Crippen molar-refractivity contribution in [1.82, 2.24) is 4.97 Å². The molecule has 1 aliphatic rings. The average molecular weight is 112 g/mol. The van der Waals surface area contributed by atoms with E-state index in [0.29, 0.717) is 0 Å². The Bertz CT molecular complexity index is 63.4. The normalized spacial score (nSPS) is 21.1. The van der Waals surface area contributed by atoms with Gasteiger partial charge >= 0.3 is 0 Å². The number of nitrogens with zero attached hydrogens (tertiary/aromatic N) is 1. The van der Waals surface area contributed by atoms with Crippen LogP contribution in [0.25, 0.3) is 0 Å². The van der Waals surface area contributed by atoms with Gasteiger partial charge in [-0.15, -0.1) is 0 Å². The topological polar surface area (TPSA) is 12.5 Å². The smallest absolute Gasteiger partial charge is 0.248 e. The fourth-order valence-electron chi connectivity index (χ4n) is 0.796. The standard InChI is InChI=1S/C5H11BNO/c1-2-4-7-6-3-5-8-7/h2-5H2,1H3. The van der Waals surface area contributed by atoms with Gasteiger partial charge in [-0.2, -0.15) is 0 Å². The minimum Gasteiger partial charge on any atom is -0.312 e. The molecule has 45 valence electrons. The Morgan fingerprint density at radius 2 is 2.62 bits per heavy atom. The molecule has 3 heteroatoms. The Labute approximate surface area is 51.0 Å². The fourth-order valence-corrected chi connectivity index (χ4v) is 0.796. The van der Waals surface area contributed by atoms with Gasteiger partial charge in [-0.05, 0) is 12.7 Å². The van der Waals surface area contributed by atoms with Crippen LogP contribution in [0.4, 0.5) is 0 Å². The highest BCUT2D eigenvalue weighted by Gasteiger charge is 2.11. The first kappa shape index (κ1) is 6.11. The second-order valence-electron chi connectivity index (χ2n) is 1.95. The molecular formula is C5H11BNO. The van der Waals surface area contributed by atoms with Crippen molar-refractivity contribution in [2.45, 2.75) is 19.7 Å². The van der Waals surface area contributed by atoms with Crippen molar-refractivity contribution in [2.24, 2.45) is 0 Å². The van der Waals surface area contributed by atoms with Crippen molar-refractivity contribution in [2.75, 3.05) is 13.2 Å². The summed E-state index contributed by atoms with van der Waals surface area (Å²) in [6, 6.07) is 0. The summed E-state index contributed by atoms with van der Waals surface area (Å²) < 4.78 is 0. The van der Waals surface area contributed by atoms with Crippen molar-refractivity contribution >= 4 is 7.41 Å². The lowest BCUT2D eigenvalue weighted by Gasteiger charge is -2.10. The number of hydroxylamine groups is 1. The van der Waals surface area contributed by atoms with Gasteiger partial charge in [-0.3, -0.25) is 0 Å². The lowest BCUT2D eigenvalue weighted by molar-refractivity contribution is -0.0599. The van der Waals surface area contributed by atoms with Gasteiger partial charge in [-0.25, -0.2) is 4.97 Å². The summed E-state index contributed by atoms with van der Waals surface area (Å²) in [4.78, 5) is 7.09. The van der Waals surface area contributed by atoms with Gasteiger partial charge in [0.25, 0.3) is 0 Å². The maximum atomic E-state index is 5.17. The van der Waals surface area contributed by atoms with Crippen LogP contribution in [0.3, 0.4) is 0 Å². The van der Waals surface area contributed by atoms with Crippen LogP contribution in [0.2, 0.25) is 6.32 Å². The quantitative estimate of drug-likeness (QED) is 0.487. The number of rotatable bonds is 2. The highest BCUT2D eigenvalue weighted by atomic mass is 16.7. The summed E-state index contributed by atoms with van der Waals surface area (Å²) in [5.74, 6) is 0. The van der Waals surface area contributed by atoms with Gasteiger partial charge < -0.3 is 4.84 Å². The minimum atomic E-state index is 0.875. The zero-order valence-corrected chi connectivity index (χ0v) is 5.26. The molecule has 0 bridgehead atoms. The first-order chi connectivity index (χ1) is 3.93. The molecule has 0 N–H and O–H groups in total. The lowest BCUT2D eigenvalue weighted by atomic mass is 9.91. The molecule has 0 saturated carbocycles. The number of hydrogen-bond acceptors (Lipinski definition) is 2. The van der Waals surface area contributed by atoms with Crippen LogP contribution in [0.5, 0.6) is 0 Å². The maximum Gasteiger partial charge on any atom is 0.248 e. The molecule has 1 saturated heterocycles. The van der Waals surface area contributed by atoms with Gasteiger partial charge in [0.15, 0.2) is 0 Å². The molecule has 1 fully saturated rings. The van der Waals surface area contributed by atoms with Crippen LogP contribution in [-0.4, -0.2) is 25.5 Å². The molecule has 0 spiro atoms. The second kappa shape index (κ2) is 3.10. The van der Waals surface area contributed by atoms with E-state index in [0.717, 1.165) is 25.9 Å². The zero-order valence-electron chi connectivity index (χ0n) is 5.26. The minimum absolute atomic E-state index is 0.875. The molecule has 0 unspecified atom stereocenters. The highest BCUT2D eigenvalue weighted by molar-refractivity contribution is 6.32. The van der Waals surface area contributed by atoms with Crippen molar-refractivity contribution in [3.8, 4) is 0 Å². The summed E-state index contributed by atoms with van der Waals surface area (Å²) in [6.45, 7) is 4.07. The van der Waals surface area contributed by atoms with Crippen LogP contribution in [-0.2, 0) is 4.84 Å². The molecule has 1 heterocycles. The maximum absolute atomic E-state index is 5.17. The molecule has 2 nitrogen and oxygen atoms in total. The van der Waals surface area contributed by atoms with Crippen molar-refractivity contribution < 1.29 is 4.84 Å². The third-order valence-corrected chi connectivity index (χ3v) is 1.15. The van der Waals surface area contributed by atoms with E-state index in [1.807, 2.05) is 4.97 Å². The highest BCUT2D eigenvalue weighted by Crippen LogP contribution is 2.01. The van der Waals surface area contributed by atoms with E-state index in [9.17, 15) is 0 Å². The van der Waals surface area contributed by atoms with E-state index in [1.165, 1.54) is 0 Å². The largest absolute Gasteiger partial charge is 0.312 e. The van der Waals surface area contributed by atoms with Crippen molar-refractivity contribution in [1.29, 1.82) is 0 Å². The van der Waals surface area contributed by atoms with Crippen LogP contribution in [0.1, 0.15) is 13.3 Å². The summed E-state index contributed by atoms with van der Waals surface area (Å²) in [5, 5.41) is 0. The number of hydrogen-bond donors (Lipinski definition) is 0. The molecule has 0 aliphatic carbocycles. The Balaban J connectivity index is 2.06. The molecule has 1 aliphatic heterocycles. The van der Waals surface area contributed by atoms with Gasteiger partial charge in [0.1, 0.15) is 0 Å². The van der Waals surface area contributed by atoms with E-state index in [1.54, 1.807) is 0 Å². The molecule has 0 aromatic carbocycles. The molecule has 0 amide bonds. The zero-order chi connectivity index (χ0) is 5.82. The third kappa shape index (κ3) is 1.49. The molecule has 1 rings (SSSR count). The Hall–Kier alpha value is -0.0151. The summed E-state index contributed by atoms with van der Waals surface area (Å²) in [5.41, 5.74) is 0. The van der Waals surface area contributed by atoms with Crippen LogP contribution in [0, 0.1) is 0 Å². The molecule has 1 radical (unpaired) electrons. The van der Waals surface area contributed by atoms with Crippen molar-refractivity contribution in [3.05, 3.63) is 0 Å². The molecule has 8 heavy (non-hydrogen) atoms. The predicted octanol–water partition coefficient (Wildman–Crippen LogP) is 0.681. The first-order valence-corrected chi connectivity index (χ1v) is 3.16. The Morgan fingerprint density at radius 1 is 1.75 bits per heavy atom. The van der Waals surface area contributed by atoms with E-state index in [-0.39, 0.29) is 0 Å².